The summed E-state index contributed by atoms with van der Waals surface area (Å²) in [6.45, 7) is -0.547. The second-order valence-corrected chi connectivity index (χ2v) is 1.92. The van der Waals surface area contributed by atoms with E-state index in [4.69, 9.17) is 5.11 Å². The van der Waals surface area contributed by atoms with Crippen LogP contribution < -0.4 is 10.3 Å². The van der Waals surface area contributed by atoms with E-state index in [2.05, 4.69) is 14.7 Å². The molecule has 64 valence electrons. The van der Waals surface area contributed by atoms with Crippen molar-refractivity contribution in [1.29, 1.82) is 0 Å². The van der Waals surface area contributed by atoms with Crippen molar-refractivity contribution < 1.29 is 14.6 Å². The van der Waals surface area contributed by atoms with Gasteiger partial charge in [-0.25, -0.2) is 4.79 Å². The molecule has 12 heavy (non-hydrogen) atoms. The fourth-order valence-corrected chi connectivity index (χ4v) is 0.577. The van der Waals surface area contributed by atoms with Gasteiger partial charge in [0.25, 0.3) is 0 Å². The lowest BCUT2D eigenvalue weighted by molar-refractivity contribution is -0.139. The highest BCUT2D eigenvalue weighted by atomic mass is 16.5. The molecule has 0 bridgehead atoms. The summed E-state index contributed by atoms with van der Waals surface area (Å²) in [5, 5.41) is 8.21. The summed E-state index contributed by atoms with van der Waals surface area (Å²) in [6.07, 6.45) is 2.44. The van der Waals surface area contributed by atoms with Crippen LogP contribution in [0.4, 0.5) is 0 Å². The molecule has 0 aliphatic carbocycles. The van der Waals surface area contributed by atoms with Gasteiger partial charge in [0.1, 0.15) is 0 Å². The number of hydrogen-bond acceptors (Lipinski definition) is 4. The van der Waals surface area contributed by atoms with Crippen molar-refractivity contribution in [3.8, 4) is 5.75 Å². The molecule has 0 radical (unpaired) electrons. The Labute approximate surface area is 66.8 Å². The fraction of sp³-hybridized carbons (Fsp3) is 0.167. The van der Waals surface area contributed by atoms with Gasteiger partial charge in [0, 0.05) is 0 Å². The number of H-pyrrole nitrogens is 1. The number of aromatic nitrogens is 2. The molecule has 6 heteroatoms. The molecule has 0 atom stereocenters. The summed E-state index contributed by atoms with van der Waals surface area (Å²) in [5.41, 5.74) is -0.588. The predicted molar refractivity (Wildman–Crippen MR) is 38.0 cm³/mol. The predicted octanol–water partition coefficient (Wildman–Crippen LogP) is -0.767. The molecule has 0 fully saturated rings. The van der Waals surface area contributed by atoms with Gasteiger partial charge in [0.15, 0.2) is 6.61 Å². The minimum atomic E-state index is -1.14. The van der Waals surface area contributed by atoms with Gasteiger partial charge < -0.3 is 14.8 Å². The van der Waals surface area contributed by atoms with Crippen LogP contribution >= 0.6 is 0 Å². The zero-order valence-corrected chi connectivity index (χ0v) is 5.98. The molecule has 6 nitrogen and oxygen atoms in total. The number of nitrogens with zero attached hydrogens (tertiary/aromatic N) is 1. The van der Waals surface area contributed by atoms with Crippen molar-refractivity contribution in [2.45, 2.75) is 0 Å². The van der Waals surface area contributed by atoms with E-state index in [1.165, 1.54) is 12.5 Å². The van der Waals surface area contributed by atoms with Crippen molar-refractivity contribution in [1.82, 2.24) is 9.97 Å². The average molecular weight is 170 g/mol. The van der Waals surface area contributed by atoms with Crippen molar-refractivity contribution in [3.05, 3.63) is 22.9 Å². The number of carboxylic acid groups (broad SMARTS) is 1. The molecular formula is C6H6N2O4. The zero-order chi connectivity index (χ0) is 8.97. The average Bonchev–Trinajstić information content (AvgIpc) is 2.03. The van der Waals surface area contributed by atoms with Crippen LogP contribution in [0.5, 0.6) is 5.75 Å². The third-order valence-electron chi connectivity index (χ3n) is 1.03. The molecule has 1 aromatic rings. The Morgan fingerprint density at radius 2 is 2.50 bits per heavy atom. The second-order valence-electron chi connectivity index (χ2n) is 1.92. The summed E-state index contributed by atoms with van der Waals surface area (Å²) in [6, 6.07) is 0. The normalized spacial score (nSPS) is 9.33. The number of aromatic amines is 1. The Bertz CT molecular complexity index is 332. The Kier molecular flexibility index (Phi) is 2.42. The minimum absolute atomic E-state index is 0.0973. The van der Waals surface area contributed by atoms with E-state index >= 15 is 0 Å². The number of hydrogen-bond donors (Lipinski definition) is 2. The van der Waals surface area contributed by atoms with Crippen LogP contribution in [0.3, 0.4) is 0 Å². The number of carbonyl (C=O) groups is 1. The molecule has 0 spiro atoms. The molecule has 1 rings (SSSR count). The van der Waals surface area contributed by atoms with Crippen LogP contribution in [0.1, 0.15) is 0 Å². The van der Waals surface area contributed by atoms with Crippen LogP contribution in [-0.2, 0) is 4.79 Å². The lowest BCUT2D eigenvalue weighted by Crippen LogP contribution is -2.16. The molecule has 1 heterocycles. The SMILES string of the molecule is O=C(O)COc1c[nH]cnc1=O. The second kappa shape index (κ2) is 3.51. The molecule has 0 aliphatic rings. The highest BCUT2D eigenvalue weighted by molar-refractivity contribution is 5.68. The van der Waals surface area contributed by atoms with Crippen molar-refractivity contribution in [3.63, 3.8) is 0 Å². The summed E-state index contributed by atoms with van der Waals surface area (Å²) >= 11 is 0. The number of aliphatic carboxylic acids is 1. The number of carboxylic acids is 1. The monoisotopic (exact) mass is 170 g/mol. The first-order chi connectivity index (χ1) is 5.70. The third-order valence-corrected chi connectivity index (χ3v) is 1.03. The largest absolute Gasteiger partial charge is 0.479 e. The molecule has 2 N–H and O–H groups in total. The van der Waals surface area contributed by atoms with Gasteiger partial charge in [-0.1, -0.05) is 0 Å². The number of nitrogens with one attached hydrogen (secondary N) is 1. The summed E-state index contributed by atoms with van der Waals surface area (Å²) in [5.74, 6) is -1.24. The van der Waals surface area contributed by atoms with E-state index < -0.39 is 18.1 Å². The summed E-state index contributed by atoms with van der Waals surface area (Å²) in [7, 11) is 0. The summed E-state index contributed by atoms with van der Waals surface area (Å²) in [4.78, 5) is 26.6. The van der Waals surface area contributed by atoms with Gasteiger partial charge in [-0.05, 0) is 0 Å². The van der Waals surface area contributed by atoms with Gasteiger partial charge in [-0.15, -0.1) is 0 Å². The van der Waals surface area contributed by atoms with E-state index in [9.17, 15) is 9.59 Å². The first-order valence-corrected chi connectivity index (χ1v) is 3.08. The topological polar surface area (TPSA) is 92.3 Å². The molecule has 0 unspecified atom stereocenters. The summed E-state index contributed by atoms with van der Waals surface area (Å²) < 4.78 is 4.59. The van der Waals surface area contributed by atoms with E-state index in [0.29, 0.717) is 0 Å². The highest BCUT2D eigenvalue weighted by Crippen LogP contribution is 1.95. The van der Waals surface area contributed by atoms with E-state index in [0.717, 1.165) is 0 Å². The van der Waals surface area contributed by atoms with Gasteiger partial charge in [-0.2, -0.15) is 4.98 Å². The maximum atomic E-state index is 10.8. The zero-order valence-electron chi connectivity index (χ0n) is 5.98. The van der Waals surface area contributed by atoms with Crippen molar-refractivity contribution in [2.75, 3.05) is 6.61 Å². The molecule has 0 aromatic carbocycles. The smallest absolute Gasteiger partial charge is 0.341 e. The van der Waals surface area contributed by atoms with Crippen LogP contribution in [-0.4, -0.2) is 27.7 Å². The van der Waals surface area contributed by atoms with Crippen LogP contribution in [0.15, 0.2) is 17.3 Å². The van der Waals surface area contributed by atoms with E-state index in [1.807, 2.05) is 0 Å². The minimum Gasteiger partial charge on any atom is -0.479 e. The van der Waals surface area contributed by atoms with Crippen molar-refractivity contribution >= 4 is 5.97 Å². The maximum Gasteiger partial charge on any atom is 0.341 e. The highest BCUT2D eigenvalue weighted by Gasteiger charge is 2.02. The molecule has 0 saturated carbocycles. The third kappa shape index (κ3) is 2.08. The Balaban J connectivity index is 2.70. The van der Waals surface area contributed by atoms with Crippen LogP contribution in [0, 0.1) is 0 Å². The van der Waals surface area contributed by atoms with Crippen molar-refractivity contribution in [2.24, 2.45) is 0 Å². The number of rotatable bonds is 3. The quantitative estimate of drug-likeness (QED) is 0.621. The van der Waals surface area contributed by atoms with Crippen LogP contribution in [0.2, 0.25) is 0 Å². The molecule has 0 saturated heterocycles. The van der Waals surface area contributed by atoms with E-state index in [-0.39, 0.29) is 5.75 Å². The molecular weight excluding hydrogens is 164 g/mol. The first kappa shape index (κ1) is 8.25. The van der Waals surface area contributed by atoms with Gasteiger partial charge in [0.2, 0.25) is 5.75 Å². The maximum absolute atomic E-state index is 10.8. The standard InChI is InChI=1S/C6H6N2O4/c9-5(10)2-12-4-1-7-3-8-6(4)11/h1,3H,2H2,(H,9,10)(H,7,8,11). The Morgan fingerprint density at radius 1 is 1.75 bits per heavy atom. The van der Waals surface area contributed by atoms with E-state index in [1.54, 1.807) is 0 Å². The van der Waals surface area contributed by atoms with Gasteiger partial charge in [-0.3, -0.25) is 4.79 Å². The molecule has 0 amide bonds. The molecule has 0 aliphatic heterocycles. The van der Waals surface area contributed by atoms with Crippen LogP contribution in [0.25, 0.3) is 0 Å². The fourth-order valence-electron chi connectivity index (χ4n) is 0.577. The lowest BCUT2D eigenvalue weighted by Gasteiger charge is -1.98. The Morgan fingerprint density at radius 3 is 3.08 bits per heavy atom. The molecule has 1 aromatic heterocycles. The van der Waals surface area contributed by atoms with Gasteiger partial charge in [0.05, 0.1) is 12.5 Å². The van der Waals surface area contributed by atoms with Gasteiger partial charge >= 0.3 is 11.5 Å². The lowest BCUT2D eigenvalue weighted by atomic mass is 10.6. The number of ether oxygens (including phenoxy) is 1. The Hall–Kier alpha value is -1.85. The first-order valence-electron chi connectivity index (χ1n) is 3.08.